The van der Waals surface area contributed by atoms with Crippen molar-refractivity contribution >= 4 is 5.69 Å². The maximum absolute atomic E-state index is 13.0. The van der Waals surface area contributed by atoms with E-state index >= 15 is 0 Å². The van der Waals surface area contributed by atoms with Crippen LogP contribution in [-0.2, 0) is 6.54 Å². The molecule has 1 heterocycles. The first-order valence-corrected chi connectivity index (χ1v) is 5.42. The summed E-state index contributed by atoms with van der Waals surface area (Å²) >= 11 is 0. The van der Waals surface area contributed by atoms with Gasteiger partial charge in [0.25, 0.3) is 0 Å². The molecule has 1 aliphatic rings. The van der Waals surface area contributed by atoms with E-state index in [1.807, 2.05) is 6.07 Å². The monoisotopic (exact) mass is 208 g/mol. The fourth-order valence-electron chi connectivity index (χ4n) is 1.89. The standard InChI is InChI=1S/C12H17FN2/c1-8(2)12-7-15-11-4-3-10(13)5-9(11)6-14-12/h3-5,8,12,14-15H,6-7H2,1-2H3. The van der Waals surface area contributed by atoms with Gasteiger partial charge in [0.05, 0.1) is 0 Å². The quantitative estimate of drug-likeness (QED) is 0.740. The Labute approximate surface area is 89.9 Å². The van der Waals surface area contributed by atoms with Gasteiger partial charge >= 0.3 is 0 Å². The number of anilines is 1. The molecular formula is C12H17FN2. The SMILES string of the molecule is CC(C)C1CNc2ccc(F)cc2CN1. The van der Waals surface area contributed by atoms with Crippen molar-refractivity contribution in [1.82, 2.24) is 5.32 Å². The Morgan fingerprint density at radius 3 is 2.93 bits per heavy atom. The van der Waals surface area contributed by atoms with E-state index in [0.29, 0.717) is 12.0 Å². The van der Waals surface area contributed by atoms with Gasteiger partial charge in [-0.3, -0.25) is 0 Å². The minimum absolute atomic E-state index is 0.166. The van der Waals surface area contributed by atoms with Crippen LogP contribution in [0.1, 0.15) is 19.4 Å². The molecule has 1 aromatic carbocycles. The molecule has 2 rings (SSSR count). The summed E-state index contributed by atoms with van der Waals surface area (Å²) in [6.45, 7) is 6.02. The summed E-state index contributed by atoms with van der Waals surface area (Å²) in [4.78, 5) is 0. The summed E-state index contributed by atoms with van der Waals surface area (Å²) in [5.41, 5.74) is 2.06. The minimum atomic E-state index is -0.166. The van der Waals surface area contributed by atoms with Crippen LogP contribution < -0.4 is 10.6 Å². The van der Waals surface area contributed by atoms with E-state index in [1.165, 1.54) is 6.07 Å². The molecule has 0 bridgehead atoms. The Morgan fingerprint density at radius 1 is 1.40 bits per heavy atom. The molecule has 0 aliphatic carbocycles. The van der Waals surface area contributed by atoms with Crippen LogP contribution in [0.4, 0.5) is 10.1 Å². The number of halogens is 1. The van der Waals surface area contributed by atoms with Gasteiger partial charge in [-0.2, -0.15) is 0 Å². The molecular weight excluding hydrogens is 191 g/mol. The first-order valence-electron chi connectivity index (χ1n) is 5.42. The highest BCUT2D eigenvalue weighted by molar-refractivity contribution is 5.52. The molecule has 0 aromatic heterocycles. The van der Waals surface area contributed by atoms with E-state index in [2.05, 4.69) is 24.5 Å². The number of hydrogen-bond acceptors (Lipinski definition) is 2. The van der Waals surface area contributed by atoms with Crippen molar-refractivity contribution in [2.45, 2.75) is 26.4 Å². The van der Waals surface area contributed by atoms with E-state index in [4.69, 9.17) is 0 Å². The van der Waals surface area contributed by atoms with Crippen LogP contribution in [0.25, 0.3) is 0 Å². The molecule has 3 heteroatoms. The smallest absolute Gasteiger partial charge is 0.123 e. The highest BCUT2D eigenvalue weighted by Gasteiger charge is 2.17. The minimum Gasteiger partial charge on any atom is -0.383 e. The summed E-state index contributed by atoms with van der Waals surface area (Å²) < 4.78 is 13.0. The van der Waals surface area contributed by atoms with Gasteiger partial charge in [0.2, 0.25) is 0 Å². The Balaban J connectivity index is 2.18. The second kappa shape index (κ2) is 4.19. The molecule has 2 N–H and O–H groups in total. The first kappa shape index (κ1) is 10.4. The Bertz CT molecular complexity index is 349. The second-order valence-electron chi connectivity index (χ2n) is 4.41. The number of rotatable bonds is 1. The van der Waals surface area contributed by atoms with Crippen molar-refractivity contribution in [2.75, 3.05) is 11.9 Å². The number of nitrogens with one attached hydrogen (secondary N) is 2. The van der Waals surface area contributed by atoms with Crippen molar-refractivity contribution < 1.29 is 4.39 Å². The molecule has 15 heavy (non-hydrogen) atoms. The van der Waals surface area contributed by atoms with Crippen LogP contribution in [0.15, 0.2) is 18.2 Å². The third kappa shape index (κ3) is 2.29. The third-order valence-electron chi connectivity index (χ3n) is 2.94. The largest absolute Gasteiger partial charge is 0.383 e. The predicted molar refractivity (Wildman–Crippen MR) is 60.4 cm³/mol. The van der Waals surface area contributed by atoms with Gasteiger partial charge in [-0.1, -0.05) is 13.8 Å². The Hall–Kier alpha value is -1.09. The van der Waals surface area contributed by atoms with E-state index < -0.39 is 0 Å². The molecule has 0 amide bonds. The highest BCUT2D eigenvalue weighted by atomic mass is 19.1. The number of fused-ring (bicyclic) bond motifs is 1. The molecule has 0 saturated carbocycles. The lowest BCUT2D eigenvalue weighted by Crippen LogP contribution is -2.37. The lowest BCUT2D eigenvalue weighted by atomic mass is 10.1. The van der Waals surface area contributed by atoms with Gasteiger partial charge in [-0.15, -0.1) is 0 Å². The molecule has 0 saturated heterocycles. The van der Waals surface area contributed by atoms with Crippen molar-refractivity contribution in [3.05, 3.63) is 29.6 Å². The summed E-state index contributed by atoms with van der Waals surface area (Å²) in [5, 5.41) is 6.79. The Kier molecular flexibility index (Phi) is 2.91. The molecule has 1 atom stereocenters. The van der Waals surface area contributed by atoms with E-state index in [9.17, 15) is 4.39 Å². The molecule has 0 spiro atoms. The third-order valence-corrected chi connectivity index (χ3v) is 2.94. The average molecular weight is 208 g/mol. The Morgan fingerprint density at radius 2 is 2.20 bits per heavy atom. The van der Waals surface area contributed by atoms with Crippen LogP contribution in [0.5, 0.6) is 0 Å². The molecule has 0 radical (unpaired) electrons. The van der Waals surface area contributed by atoms with Crippen LogP contribution in [0.3, 0.4) is 0 Å². The molecule has 2 nitrogen and oxygen atoms in total. The summed E-state index contributed by atoms with van der Waals surface area (Å²) in [5.74, 6) is 0.414. The lowest BCUT2D eigenvalue weighted by molar-refractivity contribution is 0.418. The molecule has 1 aliphatic heterocycles. The topological polar surface area (TPSA) is 24.1 Å². The zero-order valence-corrected chi connectivity index (χ0v) is 9.18. The van der Waals surface area contributed by atoms with Crippen molar-refractivity contribution in [2.24, 2.45) is 5.92 Å². The number of benzene rings is 1. The molecule has 1 unspecified atom stereocenters. The van der Waals surface area contributed by atoms with Crippen LogP contribution >= 0.6 is 0 Å². The zero-order valence-electron chi connectivity index (χ0n) is 9.18. The predicted octanol–water partition coefficient (Wildman–Crippen LogP) is 2.37. The van der Waals surface area contributed by atoms with E-state index in [-0.39, 0.29) is 5.82 Å². The van der Waals surface area contributed by atoms with E-state index in [0.717, 1.165) is 24.3 Å². The second-order valence-corrected chi connectivity index (χ2v) is 4.41. The van der Waals surface area contributed by atoms with Gasteiger partial charge < -0.3 is 10.6 Å². The van der Waals surface area contributed by atoms with Gasteiger partial charge in [-0.25, -0.2) is 4.39 Å². The normalized spacial score (nSPS) is 20.7. The fraction of sp³-hybridized carbons (Fsp3) is 0.500. The van der Waals surface area contributed by atoms with Crippen LogP contribution in [0, 0.1) is 11.7 Å². The average Bonchev–Trinajstić information content (AvgIpc) is 2.39. The summed E-state index contributed by atoms with van der Waals surface area (Å²) in [7, 11) is 0. The van der Waals surface area contributed by atoms with Gasteiger partial charge in [0, 0.05) is 24.8 Å². The van der Waals surface area contributed by atoms with Gasteiger partial charge in [0.1, 0.15) is 5.82 Å². The van der Waals surface area contributed by atoms with Crippen molar-refractivity contribution in [3.8, 4) is 0 Å². The fourth-order valence-corrected chi connectivity index (χ4v) is 1.89. The van der Waals surface area contributed by atoms with Gasteiger partial charge in [0.15, 0.2) is 0 Å². The maximum atomic E-state index is 13.0. The highest BCUT2D eigenvalue weighted by Crippen LogP contribution is 2.20. The first-order chi connectivity index (χ1) is 7.16. The maximum Gasteiger partial charge on any atom is 0.123 e. The summed E-state index contributed by atoms with van der Waals surface area (Å²) in [6.07, 6.45) is 0. The molecule has 0 fully saturated rings. The lowest BCUT2D eigenvalue weighted by Gasteiger charge is -2.19. The van der Waals surface area contributed by atoms with Crippen LogP contribution in [-0.4, -0.2) is 12.6 Å². The van der Waals surface area contributed by atoms with Crippen LogP contribution in [0.2, 0.25) is 0 Å². The molecule has 82 valence electrons. The summed E-state index contributed by atoms with van der Waals surface area (Å²) in [6, 6.07) is 5.36. The van der Waals surface area contributed by atoms with Crippen molar-refractivity contribution in [3.63, 3.8) is 0 Å². The molecule has 1 aromatic rings. The zero-order chi connectivity index (χ0) is 10.8. The number of hydrogen-bond donors (Lipinski definition) is 2. The van der Waals surface area contributed by atoms with Gasteiger partial charge in [-0.05, 0) is 29.7 Å². The van der Waals surface area contributed by atoms with E-state index in [1.54, 1.807) is 6.07 Å². The van der Waals surface area contributed by atoms with Crippen molar-refractivity contribution in [1.29, 1.82) is 0 Å².